The third-order valence-electron chi connectivity index (χ3n) is 3.52. The van der Waals surface area contributed by atoms with E-state index < -0.39 is 47.8 Å². The van der Waals surface area contributed by atoms with Crippen LogP contribution in [-0.2, 0) is 28.7 Å². The lowest BCUT2D eigenvalue weighted by Crippen LogP contribution is -2.52. The molecule has 0 aromatic rings. The first kappa shape index (κ1) is 21.8. The topological polar surface area (TPSA) is 139 Å². The van der Waals surface area contributed by atoms with Gasteiger partial charge in [0, 0.05) is 5.92 Å². The Hall–Kier alpha value is -2.16. The molecular weight excluding hydrogens is 322 g/mol. The molecule has 0 aliphatic carbocycles. The Morgan fingerprint density at radius 2 is 1.46 bits per heavy atom. The van der Waals surface area contributed by atoms with Crippen LogP contribution in [0, 0.1) is 17.8 Å². The van der Waals surface area contributed by atoms with E-state index in [0.29, 0.717) is 0 Å². The van der Waals surface area contributed by atoms with Gasteiger partial charge >= 0.3 is 17.9 Å². The number of aliphatic hydroxyl groups is 1. The number of ether oxygens (including phenoxy) is 2. The van der Waals surface area contributed by atoms with E-state index in [1.54, 1.807) is 13.8 Å². The van der Waals surface area contributed by atoms with Gasteiger partial charge in [-0.05, 0) is 12.3 Å². The first-order valence-corrected chi connectivity index (χ1v) is 7.43. The number of nitrogens with one attached hydrogen (secondary N) is 1. The number of aliphatic carboxylic acids is 1. The standard InChI is InChI=1S/C15H25NO8/c1-7(2)6-9(17)12(18)16-11(13(19)20)8(3)10(14(21)23-4)15(22)24-5/h7-11,17H,6H2,1-5H3,(H,16,18)(H,19,20)/t8-,9+,11+/m0/s1. The smallest absolute Gasteiger partial charge is 0.326 e. The molecule has 24 heavy (non-hydrogen) atoms. The van der Waals surface area contributed by atoms with Gasteiger partial charge in [0.1, 0.15) is 12.1 Å². The van der Waals surface area contributed by atoms with Gasteiger partial charge in [-0.3, -0.25) is 14.4 Å². The second-order valence-corrected chi connectivity index (χ2v) is 5.85. The zero-order valence-electron chi connectivity index (χ0n) is 14.4. The molecule has 3 atom stereocenters. The Morgan fingerprint density at radius 3 is 1.79 bits per heavy atom. The summed E-state index contributed by atoms with van der Waals surface area (Å²) in [5.41, 5.74) is 0. The Bertz CT molecular complexity index is 460. The van der Waals surface area contributed by atoms with E-state index in [2.05, 4.69) is 14.8 Å². The average molecular weight is 347 g/mol. The molecule has 0 aromatic carbocycles. The van der Waals surface area contributed by atoms with Gasteiger partial charge < -0.3 is 25.0 Å². The highest BCUT2D eigenvalue weighted by molar-refractivity contribution is 5.96. The summed E-state index contributed by atoms with van der Waals surface area (Å²) >= 11 is 0. The number of carbonyl (C=O) groups is 4. The number of rotatable bonds is 9. The molecule has 3 N–H and O–H groups in total. The lowest BCUT2D eigenvalue weighted by molar-refractivity contribution is -0.163. The van der Waals surface area contributed by atoms with Gasteiger partial charge in [0.2, 0.25) is 5.91 Å². The van der Waals surface area contributed by atoms with Gasteiger partial charge in [0.05, 0.1) is 14.2 Å². The molecule has 1 amide bonds. The molecule has 0 spiro atoms. The van der Waals surface area contributed by atoms with Crippen LogP contribution in [0.5, 0.6) is 0 Å². The van der Waals surface area contributed by atoms with Crippen LogP contribution in [0.3, 0.4) is 0 Å². The summed E-state index contributed by atoms with van der Waals surface area (Å²) in [6.07, 6.45) is -1.25. The molecule has 0 fully saturated rings. The molecular formula is C15H25NO8. The highest BCUT2D eigenvalue weighted by Crippen LogP contribution is 2.20. The summed E-state index contributed by atoms with van der Waals surface area (Å²) < 4.78 is 8.99. The van der Waals surface area contributed by atoms with Crippen molar-refractivity contribution in [3.05, 3.63) is 0 Å². The van der Waals surface area contributed by atoms with Crippen molar-refractivity contribution in [3.63, 3.8) is 0 Å². The molecule has 0 saturated heterocycles. The summed E-state index contributed by atoms with van der Waals surface area (Å²) in [6.45, 7) is 4.88. The summed E-state index contributed by atoms with van der Waals surface area (Å²) in [5.74, 6) is -6.96. The molecule has 0 unspecified atom stereocenters. The summed E-state index contributed by atoms with van der Waals surface area (Å²) in [5, 5.41) is 21.2. The van der Waals surface area contributed by atoms with Gasteiger partial charge in [-0.25, -0.2) is 4.79 Å². The number of esters is 2. The van der Waals surface area contributed by atoms with Crippen LogP contribution >= 0.6 is 0 Å². The predicted octanol–water partition coefficient (Wildman–Crippen LogP) is -0.439. The number of methoxy groups -OCH3 is 2. The van der Waals surface area contributed by atoms with E-state index in [4.69, 9.17) is 0 Å². The van der Waals surface area contributed by atoms with E-state index in [1.165, 1.54) is 6.92 Å². The van der Waals surface area contributed by atoms with Crippen molar-refractivity contribution in [1.29, 1.82) is 0 Å². The van der Waals surface area contributed by atoms with Crippen molar-refractivity contribution < 1.29 is 38.9 Å². The molecule has 138 valence electrons. The predicted molar refractivity (Wildman–Crippen MR) is 81.7 cm³/mol. The third-order valence-corrected chi connectivity index (χ3v) is 3.52. The molecule has 0 saturated carbocycles. The number of carboxylic acids is 1. The Balaban J connectivity index is 5.34. The zero-order chi connectivity index (χ0) is 19.0. The van der Waals surface area contributed by atoms with Crippen LogP contribution in [0.4, 0.5) is 0 Å². The maximum atomic E-state index is 11.9. The minimum absolute atomic E-state index is 0.0179. The highest BCUT2D eigenvalue weighted by Gasteiger charge is 2.42. The quantitative estimate of drug-likeness (QED) is 0.377. The fourth-order valence-electron chi connectivity index (χ4n) is 2.19. The lowest BCUT2D eigenvalue weighted by Gasteiger charge is -2.26. The van der Waals surface area contributed by atoms with Gasteiger partial charge in [0.15, 0.2) is 5.92 Å². The average Bonchev–Trinajstić information content (AvgIpc) is 2.50. The van der Waals surface area contributed by atoms with Crippen LogP contribution in [0.25, 0.3) is 0 Å². The van der Waals surface area contributed by atoms with Crippen LogP contribution < -0.4 is 5.32 Å². The molecule has 0 aliphatic heterocycles. The maximum Gasteiger partial charge on any atom is 0.326 e. The van der Waals surface area contributed by atoms with Gasteiger partial charge in [0.25, 0.3) is 0 Å². The molecule has 0 bridgehead atoms. The van der Waals surface area contributed by atoms with Crippen molar-refractivity contribution in [2.45, 2.75) is 39.3 Å². The number of hydrogen-bond donors (Lipinski definition) is 3. The van der Waals surface area contributed by atoms with Crippen molar-refractivity contribution in [2.24, 2.45) is 17.8 Å². The van der Waals surface area contributed by atoms with Crippen molar-refractivity contribution in [2.75, 3.05) is 14.2 Å². The van der Waals surface area contributed by atoms with Gasteiger partial charge in [-0.15, -0.1) is 0 Å². The fraction of sp³-hybridized carbons (Fsp3) is 0.733. The first-order chi connectivity index (χ1) is 11.1. The zero-order valence-corrected chi connectivity index (χ0v) is 14.4. The molecule has 0 rings (SSSR count). The SMILES string of the molecule is COC(=O)C(C(=O)OC)[C@H](C)[C@@H](NC(=O)[C@H](O)CC(C)C)C(=O)O. The largest absolute Gasteiger partial charge is 0.480 e. The van der Waals surface area contributed by atoms with E-state index >= 15 is 0 Å². The second-order valence-electron chi connectivity index (χ2n) is 5.85. The minimum atomic E-state index is -1.58. The maximum absolute atomic E-state index is 11.9. The molecule has 9 heteroatoms. The molecule has 0 aromatic heterocycles. The summed E-state index contributed by atoms with van der Waals surface area (Å²) in [4.78, 5) is 46.9. The van der Waals surface area contributed by atoms with E-state index in [9.17, 15) is 29.4 Å². The highest BCUT2D eigenvalue weighted by atomic mass is 16.5. The molecule has 0 heterocycles. The van der Waals surface area contributed by atoms with Crippen molar-refractivity contribution in [1.82, 2.24) is 5.32 Å². The number of hydrogen-bond acceptors (Lipinski definition) is 7. The summed E-state index contributed by atoms with van der Waals surface area (Å²) in [7, 11) is 2.09. The third kappa shape index (κ3) is 6.15. The Kier molecular flexibility index (Phi) is 8.97. The van der Waals surface area contributed by atoms with Crippen molar-refractivity contribution >= 4 is 23.8 Å². The van der Waals surface area contributed by atoms with Crippen LogP contribution in [0.15, 0.2) is 0 Å². The second kappa shape index (κ2) is 9.86. The normalized spacial score (nSPS) is 14.7. The van der Waals surface area contributed by atoms with E-state index in [-0.39, 0.29) is 12.3 Å². The Labute approximate surface area is 140 Å². The lowest BCUT2D eigenvalue weighted by atomic mass is 9.87. The van der Waals surface area contributed by atoms with E-state index in [1.807, 2.05) is 0 Å². The van der Waals surface area contributed by atoms with Crippen LogP contribution in [0.1, 0.15) is 27.2 Å². The van der Waals surface area contributed by atoms with Gasteiger partial charge in [-0.2, -0.15) is 0 Å². The molecule has 0 aliphatic rings. The monoisotopic (exact) mass is 347 g/mol. The number of carbonyl (C=O) groups excluding carboxylic acids is 3. The fourth-order valence-corrected chi connectivity index (χ4v) is 2.19. The van der Waals surface area contributed by atoms with Crippen LogP contribution in [0.2, 0.25) is 0 Å². The van der Waals surface area contributed by atoms with E-state index in [0.717, 1.165) is 14.2 Å². The minimum Gasteiger partial charge on any atom is -0.480 e. The number of aliphatic hydroxyl groups excluding tert-OH is 1. The molecule has 9 nitrogen and oxygen atoms in total. The van der Waals surface area contributed by atoms with Gasteiger partial charge in [-0.1, -0.05) is 20.8 Å². The summed E-state index contributed by atoms with van der Waals surface area (Å²) in [6, 6.07) is -1.58. The number of carboxylic acid groups (broad SMARTS) is 1. The Morgan fingerprint density at radius 1 is 1.00 bits per heavy atom. The first-order valence-electron chi connectivity index (χ1n) is 7.43. The van der Waals surface area contributed by atoms with Crippen LogP contribution in [-0.4, -0.2) is 60.4 Å². The van der Waals surface area contributed by atoms with Crippen molar-refractivity contribution in [3.8, 4) is 0 Å². The molecule has 0 radical (unpaired) electrons. The number of amides is 1.